The topological polar surface area (TPSA) is 53.5 Å². The fourth-order valence-corrected chi connectivity index (χ4v) is 4.43. The highest BCUT2D eigenvalue weighted by molar-refractivity contribution is 6.36. The Balaban J connectivity index is 1.73. The molecule has 0 radical (unpaired) electrons. The summed E-state index contributed by atoms with van der Waals surface area (Å²) < 4.78 is 5.45. The fourth-order valence-electron chi connectivity index (χ4n) is 4.15. The second-order valence-electron chi connectivity index (χ2n) is 7.43. The molecule has 7 heteroatoms. The minimum absolute atomic E-state index is 0.421. The summed E-state index contributed by atoms with van der Waals surface area (Å²) in [6.07, 6.45) is 0.881. The molecule has 0 atom stereocenters. The third-order valence-corrected chi connectivity index (χ3v) is 6.01. The van der Waals surface area contributed by atoms with E-state index in [-0.39, 0.29) is 0 Å². The van der Waals surface area contributed by atoms with E-state index in [1.807, 2.05) is 19.2 Å². The lowest BCUT2D eigenvalue weighted by molar-refractivity contribution is 0.376. The van der Waals surface area contributed by atoms with E-state index in [9.17, 15) is 0 Å². The summed E-state index contributed by atoms with van der Waals surface area (Å²) in [6, 6.07) is 12.8. The maximum Gasteiger partial charge on any atom is 0.318 e. The molecule has 0 saturated carbocycles. The number of hydrogen-bond acceptors (Lipinski definition) is 6. The first-order valence-corrected chi connectivity index (χ1v) is 10.8. The molecule has 2 heterocycles. The minimum Gasteiger partial charge on any atom is -0.467 e. The zero-order chi connectivity index (χ0) is 21.1. The van der Waals surface area contributed by atoms with E-state index in [0.717, 1.165) is 65.6 Å². The molecule has 0 fully saturated rings. The Bertz CT molecular complexity index is 1040. The van der Waals surface area contributed by atoms with Crippen LogP contribution in [0.5, 0.6) is 6.01 Å². The predicted molar refractivity (Wildman–Crippen MR) is 124 cm³/mol. The van der Waals surface area contributed by atoms with Gasteiger partial charge in [0.15, 0.2) is 0 Å². The van der Waals surface area contributed by atoms with Crippen molar-refractivity contribution in [2.24, 2.45) is 0 Å². The zero-order valence-electron chi connectivity index (χ0n) is 17.8. The Labute approximate surface area is 182 Å². The second-order valence-corrected chi connectivity index (χ2v) is 7.84. The van der Waals surface area contributed by atoms with Crippen LogP contribution in [0.15, 0.2) is 36.4 Å². The van der Waals surface area contributed by atoms with Gasteiger partial charge in [-0.3, -0.25) is 0 Å². The SMILES string of the molecule is CCN(CCNC)c1nc(OC)nc2c1CCN(c1cccc3cccc(Cl)c13)C2. The molecule has 4 rings (SSSR count). The largest absolute Gasteiger partial charge is 0.467 e. The molecule has 1 aliphatic heterocycles. The van der Waals surface area contributed by atoms with Gasteiger partial charge in [0.1, 0.15) is 5.82 Å². The van der Waals surface area contributed by atoms with E-state index in [4.69, 9.17) is 26.3 Å². The number of aromatic nitrogens is 2. The van der Waals surface area contributed by atoms with Crippen LogP contribution in [-0.2, 0) is 13.0 Å². The number of methoxy groups -OCH3 is 1. The number of anilines is 2. The number of benzene rings is 2. The Kier molecular flexibility index (Phi) is 6.25. The van der Waals surface area contributed by atoms with Gasteiger partial charge >= 0.3 is 6.01 Å². The van der Waals surface area contributed by atoms with Crippen molar-refractivity contribution in [3.8, 4) is 6.01 Å². The number of halogens is 1. The molecular weight excluding hydrogens is 398 g/mol. The van der Waals surface area contributed by atoms with Crippen LogP contribution in [0.1, 0.15) is 18.2 Å². The summed E-state index contributed by atoms with van der Waals surface area (Å²) in [4.78, 5) is 14.1. The van der Waals surface area contributed by atoms with Gasteiger partial charge in [-0.05, 0) is 37.9 Å². The molecule has 30 heavy (non-hydrogen) atoms. The van der Waals surface area contributed by atoms with Gasteiger partial charge in [-0.25, -0.2) is 0 Å². The molecule has 3 aromatic rings. The fraction of sp³-hybridized carbons (Fsp3) is 0.391. The third-order valence-electron chi connectivity index (χ3n) is 5.69. The summed E-state index contributed by atoms with van der Waals surface area (Å²) in [5.41, 5.74) is 3.39. The number of rotatable bonds is 7. The summed E-state index contributed by atoms with van der Waals surface area (Å²) in [5.74, 6) is 0.991. The van der Waals surface area contributed by atoms with E-state index >= 15 is 0 Å². The van der Waals surface area contributed by atoms with Crippen molar-refractivity contribution < 1.29 is 4.74 Å². The van der Waals surface area contributed by atoms with Crippen LogP contribution >= 0.6 is 11.6 Å². The lowest BCUT2D eigenvalue weighted by Gasteiger charge is -2.34. The number of hydrogen-bond donors (Lipinski definition) is 1. The molecule has 1 N–H and O–H groups in total. The normalized spacial score (nSPS) is 13.4. The second kappa shape index (κ2) is 9.06. The Hall–Kier alpha value is -2.57. The molecule has 1 aromatic heterocycles. The Morgan fingerprint density at radius 1 is 1.20 bits per heavy atom. The van der Waals surface area contributed by atoms with Crippen molar-refractivity contribution >= 4 is 33.9 Å². The average molecular weight is 426 g/mol. The van der Waals surface area contributed by atoms with Crippen LogP contribution in [0.4, 0.5) is 11.5 Å². The van der Waals surface area contributed by atoms with Gasteiger partial charge in [-0.2, -0.15) is 9.97 Å². The van der Waals surface area contributed by atoms with E-state index in [0.29, 0.717) is 12.6 Å². The number of fused-ring (bicyclic) bond motifs is 2. The zero-order valence-corrected chi connectivity index (χ0v) is 18.5. The number of nitrogens with zero attached hydrogens (tertiary/aromatic N) is 4. The van der Waals surface area contributed by atoms with Crippen molar-refractivity contribution in [2.45, 2.75) is 19.9 Å². The highest BCUT2D eigenvalue weighted by Gasteiger charge is 2.26. The monoisotopic (exact) mass is 425 g/mol. The standard InChI is InChI=1S/C23H28ClN5O/c1-4-28(14-12-25-2)22-17-11-13-29(15-19(17)26-23(27-22)30-3)20-10-6-8-16-7-5-9-18(24)21(16)20/h5-10,25H,4,11-15H2,1-3H3. The first-order valence-electron chi connectivity index (χ1n) is 10.4. The predicted octanol–water partition coefficient (Wildman–Crippen LogP) is 3.90. The third kappa shape index (κ3) is 3.89. The van der Waals surface area contributed by atoms with E-state index in [1.54, 1.807) is 7.11 Å². The van der Waals surface area contributed by atoms with E-state index in [2.05, 4.69) is 46.3 Å². The maximum atomic E-state index is 6.58. The lowest BCUT2D eigenvalue weighted by Crippen LogP contribution is -2.36. The van der Waals surface area contributed by atoms with Crippen LogP contribution in [0.25, 0.3) is 10.8 Å². The average Bonchev–Trinajstić information content (AvgIpc) is 2.78. The van der Waals surface area contributed by atoms with Gasteiger partial charge in [0, 0.05) is 42.8 Å². The highest BCUT2D eigenvalue weighted by atomic mass is 35.5. The number of likely N-dealkylation sites (N-methyl/N-ethyl adjacent to an activating group) is 2. The van der Waals surface area contributed by atoms with Crippen LogP contribution in [0, 0.1) is 0 Å². The molecule has 0 bridgehead atoms. The summed E-state index contributed by atoms with van der Waals surface area (Å²) in [7, 11) is 3.59. The van der Waals surface area contributed by atoms with Crippen molar-refractivity contribution in [1.29, 1.82) is 0 Å². The van der Waals surface area contributed by atoms with E-state index in [1.165, 1.54) is 5.56 Å². The van der Waals surface area contributed by atoms with Crippen molar-refractivity contribution in [2.75, 3.05) is 50.1 Å². The van der Waals surface area contributed by atoms with Crippen LogP contribution in [0.3, 0.4) is 0 Å². The first kappa shape index (κ1) is 20.7. The molecular formula is C23H28ClN5O. The van der Waals surface area contributed by atoms with Gasteiger partial charge in [0.05, 0.1) is 24.4 Å². The summed E-state index contributed by atoms with van der Waals surface area (Å²) in [5, 5.41) is 6.24. The molecule has 0 amide bonds. The van der Waals surface area contributed by atoms with Crippen LogP contribution in [0.2, 0.25) is 5.02 Å². The van der Waals surface area contributed by atoms with Gasteiger partial charge < -0.3 is 19.9 Å². The number of ether oxygens (including phenoxy) is 1. The quantitative estimate of drug-likeness (QED) is 0.619. The molecule has 6 nitrogen and oxygen atoms in total. The lowest BCUT2D eigenvalue weighted by atomic mass is 10.0. The van der Waals surface area contributed by atoms with Gasteiger partial charge in [0.25, 0.3) is 0 Å². The van der Waals surface area contributed by atoms with Crippen LogP contribution in [-0.4, -0.2) is 50.3 Å². The minimum atomic E-state index is 0.421. The Morgan fingerprint density at radius 3 is 2.73 bits per heavy atom. The maximum absolute atomic E-state index is 6.58. The smallest absolute Gasteiger partial charge is 0.318 e. The van der Waals surface area contributed by atoms with Crippen molar-refractivity contribution in [3.05, 3.63) is 52.7 Å². The van der Waals surface area contributed by atoms with Gasteiger partial charge in [-0.15, -0.1) is 0 Å². The molecule has 0 aliphatic carbocycles. The highest BCUT2D eigenvalue weighted by Crippen LogP contribution is 2.36. The van der Waals surface area contributed by atoms with Crippen LogP contribution < -0.4 is 19.9 Å². The molecule has 1 aliphatic rings. The molecule has 0 saturated heterocycles. The Morgan fingerprint density at radius 2 is 2.00 bits per heavy atom. The van der Waals surface area contributed by atoms with E-state index < -0.39 is 0 Å². The van der Waals surface area contributed by atoms with Crippen molar-refractivity contribution in [1.82, 2.24) is 15.3 Å². The number of nitrogens with one attached hydrogen (secondary N) is 1. The van der Waals surface area contributed by atoms with Gasteiger partial charge in [0.2, 0.25) is 0 Å². The van der Waals surface area contributed by atoms with Gasteiger partial charge in [-0.1, -0.05) is 35.9 Å². The molecule has 0 spiro atoms. The summed E-state index contributed by atoms with van der Waals surface area (Å²) >= 11 is 6.58. The van der Waals surface area contributed by atoms with Crippen molar-refractivity contribution in [3.63, 3.8) is 0 Å². The molecule has 2 aromatic carbocycles. The summed E-state index contributed by atoms with van der Waals surface area (Å²) in [6.45, 7) is 6.43. The first-order chi connectivity index (χ1) is 14.7. The molecule has 0 unspecified atom stereocenters. The molecule has 158 valence electrons.